The highest BCUT2D eigenvalue weighted by atomic mass is 35.5. The average molecular weight is 232 g/mol. The quantitative estimate of drug-likeness (QED) is 0.745. The SMILES string of the molecule is CC1CC(N)c2ccc(Cl)c(Cl)c2O1. The van der Waals surface area contributed by atoms with Gasteiger partial charge < -0.3 is 10.5 Å². The minimum absolute atomic E-state index is 0.0106. The van der Waals surface area contributed by atoms with Crippen LogP contribution in [0.25, 0.3) is 0 Å². The van der Waals surface area contributed by atoms with E-state index in [1.807, 2.05) is 13.0 Å². The standard InChI is InChI=1S/C10H11Cl2NO/c1-5-4-8(13)6-2-3-7(11)9(12)10(6)14-5/h2-3,5,8H,4,13H2,1H3. The molecule has 1 aromatic carbocycles. The number of ether oxygens (including phenoxy) is 1. The Morgan fingerprint density at radius 1 is 1.43 bits per heavy atom. The molecule has 2 rings (SSSR count). The molecule has 0 saturated heterocycles. The number of hydrogen-bond acceptors (Lipinski definition) is 2. The van der Waals surface area contributed by atoms with Crippen LogP contribution in [0.2, 0.25) is 10.0 Å². The monoisotopic (exact) mass is 231 g/mol. The molecular formula is C10H11Cl2NO. The molecule has 2 N–H and O–H groups in total. The van der Waals surface area contributed by atoms with E-state index in [2.05, 4.69) is 0 Å². The maximum absolute atomic E-state index is 6.03. The fourth-order valence-electron chi connectivity index (χ4n) is 1.69. The summed E-state index contributed by atoms with van der Waals surface area (Å²) in [6, 6.07) is 3.62. The first-order valence-corrected chi connectivity index (χ1v) is 5.25. The summed E-state index contributed by atoms with van der Waals surface area (Å²) in [6.07, 6.45) is 0.902. The van der Waals surface area contributed by atoms with Crippen LogP contribution in [-0.4, -0.2) is 6.10 Å². The fraction of sp³-hybridized carbons (Fsp3) is 0.400. The average Bonchev–Trinajstić information content (AvgIpc) is 2.12. The first-order valence-electron chi connectivity index (χ1n) is 4.49. The van der Waals surface area contributed by atoms with Crippen molar-refractivity contribution in [2.45, 2.75) is 25.5 Å². The Morgan fingerprint density at radius 3 is 2.86 bits per heavy atom. The van der Waals surface area contributed by atoms with E-state index in [0.717, 1.165) is 12.0 Å². The molecule has 76 valence electrons. The molecule has 1 aromatic rings. The molecule has 0 aliphatic carbocycles. The van der Waals surface area contributed by atoms with Crippen molar-refractivity contribution in [2.24, 2.45) is 5.73 Å². The van der Waals surface area contributed by atoms with Crippen molar-refractivity contribution < 1.29 is 4.74 Å². The van der Waals surface area contributed by atoms with Crippen LogP contribution in [0.4, 0.5) is 0 Å². The van der Waals surface area contributed by atoms with E-state index in [1.165, 1.54) is 0 Å². The van der Waals surface area contributed by atoms with E-state index < -0.39 is 0 Å². The van der Waals surface area contributed by atoms with Gasteiger partial charge in [-0.25, -0.2) is 0 Å². The third kappa shape index (κ3) is 1.58. The number of hydrogen-bond donors (Lipinski definition) is 1. The Balaban J connectivity index is 2.54. The minimum Gasteiger partial charge on any atom is -0.489 e. The predicted molar refractivity (Wildman–Crippen MR) is 58.1 cm³/mol. The van der Waals surface area contributed by atoms with Gasteiger partial charge in [0.1, 0.15) is 10.8 Å². The second-order valence-electron chi connectivity index (χ2n) is 3.55. The number of nitrogens with two attached hydrogens (primary N) is 1. The molecule has 14 heavy (non-hydrogen) atoms. The molecule has 4 heteroatoms. The van der Waals surface area contributed by atoms with Crippen molar-refractivity contribution in [1.82, 2.24) is 0 Å². The summed E-state index contributed by atoms with van der Waals surface area (Å²) in [4.78, 5) is 0. The van der Waals surface area contributed by atoms with E-state index >= 15 is 0 Å². The van der Waals surface area contributed by atoms with Gasteiger partial charge in [-0.1, -0.05) is 29.3 Å². The Labute approximate surface area is 92.9 Å². The van der Waals surface area contributed by atoms with Gasteiger partial charge in [0.25, 0.3) is 0 Å². The zero-order valence-corrected chi connectivity index (χ0v) is 9.27. The van der Waals surface area contributed by atoms with Gasteiger partial charge in [-0.05, 0) is 13.0 Å². The second kappa shape index (κ2) is 3.61. The van der Waals surface area contributed by atoms with Crippen molar-refractivity contribution >= 4 is 23.2 Å². The Bertz CT molecular complexity index is 367. The number of halogens is 2. The molecule has 0 bridgehead atoms. The Morgan fingerprint density at radius 2 is 2.14 bits per heavy atom. The van der Waals surface area contributed by atoms with Gasteiger partial charge in [0.15, 0.2) is 0 Å². The van der Waals surface area contributed by atoms with Crippen LogP contribution in [0.5, 0.6) is 5.75 Å². The van der Waals surface area contributed by atoms with Crippen molar-refractivity contribution in [3.63, 3.8) is 0 Å². The van der Waals surface area contributed by atoms with Crippen molar-refractivity contribution in [1.29, 1.82) is 0 Å². The van der Waals surface area contributed by atoms with Crippen molar-refractivity contribution in [3.8, 4) is 5.75 Å². The zero-order chi connectivity index (χ0) is 10.3. The van der Waals surface area contributed by atoms with Gasteiger partial charge in [-0.2, -0.15) is 0 Å². The summed E-state index contributed by atoms with van der Waals surface area (Å²) in [5.41, 5.74) is 6.92. The van der Waals surface area contributed by atoms with Crippen LogP contribution in [-0.2, 0) is 0 Å². The van der Waals surface area contributed by atoms with Crippen LogP contribution >= 0.6 is 23.2 Å². The van der Waals surface area contributed by atoms with Crippen LogP contribution in [0.1, 0.15) is 24.9 Å². The second-order valence-corrected chi connectivity index (χ2v) is 4.34. The fourth-order valence-corrected chi connectivity index (χ4v) is 2.06. The Kier molecular flexibility index (Phi) is 2.60. The smallest absolute Gasteiger partial charge is 0.144 e. The summed E-state index contributed by atoms with van der Waals surface area (Å²) < 4.78 is 5.62. The molecule has 0 fully saturated rings. The first-order chi connectivity index (χ1) is 6.59. The largest absolute Gasteiger partial charge is 0.489 e. The molecule has 0 saturated carbocycles. The Hall–Kier alpha value is -0.440. The van der Waals surface area contributed by atoms with E-state index in [1.54, 1.807) is 6.07 Å². The van der Waals surface area contributed by atoms with E-state index in [-0.39, 0.29) is 12.1 Å². The molecule has 0 radical (unpaired) electrons. The first kappa shape index (κ1) is 10.1. The van der Waals surface area contributed by atoms with Gasteiger partial charge in [0.2, 0.25) is 0 Å². The number of rotatable bonds is 0. The summed E-state index contributed by atoms with van der Waals surface area (Å²) in [7, 11) is 0. The third-order valence-corrected chi connectivity index (χ3v) is 3.17. The van der Waals surface area contributed by atoms with Gasteiger partial charge in [0.05, 0.1) is 11.1 Å². The maximum Gasteiger partial charge on any atom is 0.144 e. The lowest BCUT2D eigenvalue weighted by Gasteiger charge is -2.28. The van der Waals surface area contributed by atoms with Gasteiger partial charge >= 0.3 is 0 Å². The summed E-state index contributed by atoms with van der Waals surface area (Å²) in [6.45, 7) is 1.97. The third-order valence-electron chi connectivity index (χ3n) is 2.38. The molecule has 1 heterocycles. The van der Waals surface area contributed by atoms with Gasteiger partial charge in [0, 0.05) is 18.0 Å². The lowest BCUT2D eigenvalue weighted by atomic mass is 9.98. The highest BCUT2D eigenvalue weighted by Crippen LogP contribution is 2.42. The number of benzene rings is 1. The molecule has 0 amide bonds. The lowest BCUT2D eigenvalue weighted by molar-refractivity contribution is 0.177. The molecular weight excluding hydrogens is 221 g/mol. The van der Waals surface area contributed by atoms with Crippen LogP contribution in [0.3, 0.4) is 0 Å². The van der Waals surface area contributed by atoms with E-state index in [9.17, 15) is 0 Å². The predicted octanol–water partition coefficient (Wildman–Crippen LogP) is 3.16. The molecule has 0 aromatic heterocycles. The topological polar surface area (TPSA) is 35.2 Å². The van der Waals surface area contributed by atoms with E-state index in [0.29, 0.717) is 15.8 Å². The lowest BCUT2D eigenvalue weighted by Crippen LogP contribution is -2.27. The summed E-state index contributed by atoms with van der Waals surface area (Å²) in [5, 5.41) is 0.970. The molecule has 2 nitrogen and oxygen atoms in total. The highest BCUT2D eigenvalue weighted by molar-refractivity contribution is 6.43. The molecule has 1 aliphatic heterocycles. The van der Waals surface area contributed by atoms with E-state index in [4.69, 9.17) is 33.7 Å². The molecule has 2 atom stereocenters. The maximum atomic E-state index is 6.03. The normalized spacial score (nSPS) is 25.4. The van der Waals surface area contributed by atoms with Crippen molar-refractivity contribution in [2.75, 3.05) is 0 Å². The van der Waals surface area contributed by atoms with Crippen molar-refractivity contribution in [3.05, 3.63) is 27.7 Å². The highest BCUT2D eigenvalue weighted by Gasteiger charge is 2.25. The molecule has 0 spiro atoms. The number of fused-ring (bicyclic) bond motifs is 1. The summed E-state index contributed by atoms with van der Waals surface area (Å²) in [5.74, 6) is 0.644. The van der Waals surface area contributed by atoms with Gasteiger partial charge in [-0.3, -0.25) is 0 Å². The van der Waals surface area contributed by atoms with Crippen LogP contribution in [0.15, 0.2) is 12.1 Å². The van der Waals surface area contributed by atoms with Crippen LogP contribution in [0, 0.1) is 0 Å². The van der Waals surface area contributed by atoms with Gasteiger partial charge in [-0.15, -0.1) is 0 Å². The van der Waals surface area contributed by atoms with Crippen LogP contribution < -0.4 is 10.5 Å². The summed E-state index contributed by atoms with van der Waals surface area (Å²) >= 11 is 11.9. The molecule has 2 unspecified atom stereocenters. The zero-order valence-electron chi connectivity index (χ0n) is 7.76. The molecule has 1 aliphatic rings. The minimum atomic E-state index is -0.0106.